The topological polar surface area (TPSA) is 100 Å². The zero-order valence-corrected chi connectivity index (χ0v) is 46.7. The molecule has 0 rings (SSSR count). The molecule has 0 saturated heterocycles. The second-order valence-electron chi connectivity index (χ2n) is 22.4. The van der Waals surface area contributed by atoms with E-state index in [1.54, 1.807) is 0 Å². The zero-order chi connectivity index (χ0) is 50.1. The van der Waals surface area contributed by atoms with Gasteiger partial charge < -0.3 is 24.3 Å². The van der Waals surface area contributed by atoms with Crippen LogP contribution in [0.15, 0.2) is 0 Å². The summed E-state index contributed by atoms with van der Waals surface area (Å²) in [5.41, 5.74) is -2.11. The lowest BCUT2D eigenvalue weighted by molar-refractivity contribution is -0.183. The predicted molar refractivity (Wildman–Crippen MR) is 285 cm³/mol. The molecule has 0 bridgehead atoms. The molecule has 3 atom stereocenters. The van der Waals surface area contributed by atoms with E-state index in [1.165, 1.54) is 161 Å². The maximum atomic E-state index is 13.8. The monoisotopic (exact) mass is 950 g/mol. The van der Waals surface area contributed by atoms with Crippen LogP contribution in [0, 0.1) is 5.41 Å². The van der Waals surface area contributed by atoms with Crippen molar-refractivity contribution in [2.45, 2.75) is 337 Å². The average molecular weight is 951 g/mol. The number of unbranched alkanes of at least 4 members (excludes halogenated alkanes) is 29. The van der Waals surface area contributed by atoms with Gasteiger partial charge in [0.25, 0.3) is 0 Å². The lowest BCUT2D eigenvalue weighted by Gasteiger charge is -2.43. The number of carbonyl (C=O) groups is 3. The lowest BCUT2D eigenvalue weighted by atomic mass is 9.79. The van der Waals surface area contributed by atoms with E-state index in [0.29, 0.717) is 32.5 Å². The van der Waals surface area contributed by atoms with Gasteiger partial charge in [0.05, 0.1) is 35.4 Å². The number of ether oxygens (including phenoxy) is 4. The lowest BCUT2D eigenvalue weighted by Crippen LogP contribution is -2.48. The summed E-state index contributed by atoms with van der Waals surface area (Å²) in [5, 5.41) is 2.89. The van der Waals surface area contributed by atoms with Crippen molar-refractivity contribution in [3.63, 3.8) is 0 Å². The molecular formula is C59H115NO7. The van der Waals surface area contributed by atoms with Gasteiger partial charge in [0.1, 0.15) is 6.61 Å². The molecule has 0 aromatic heterocycles. The molecule has 0 radical (unpaired) electrons. The molecular weight excluding hydrogens is 835 g/mol. The highest BCUT2D eigenvalue weighted by Gasteiger charge is 2.42. The summed E-state index contributed by atoms with van der Waals surface area (Å²) < 4.78 is 24.7. The first-order chi connectivity index (χ1) is 32.0. The fourth-order valence-electron chi connectivity index (χ4n) is 9.15. The Balaban J connectivity index is 5.06. The van der Waals surface area contributed by atoms with Crippen molar-refractivity contribution in [3.05, 3.63) is 0 Å². The van der Waals surface area contributed by atoms with Gasteiger partial charge in [-0.2, -0.15) is 0 Å². The summed E-state index contributed by atoms with van der Waals surface area (Å²) in [6, 6.07) is -1.05. The van der Waals surface area contributed by atoms with E-state index >= 15 is 0 Å². The van der Waals surface area contributed by atoms with E-state index in [0.717, 1.165) is 57.8 Å². The van der Waals surface area contributed by atoms with Gasteiger partial charge >= 0.3 is 11.9 Å². The summed E-state index contributed by atoms with van der Waals surface area (Å²) in [6.07, 6.45) is 43.3. The molecule has 3 unspecified atom stereocenters. The third-order valence-corrected chi connectivity index (χ3v) is 14.6. The van der Waals surface area contributed by atoms with Crippen LogP contribution in [0.3, 0.4) is 0 Å². The fraction of sp³-hybridized carbons (Fsp3) is 0.949. The zero-order valence-electron chi connectivity index (χ0n) is 46.7. The molecule has 67 heavy (non-hydrogen) atoms. The van der Waals surface area contributed by atoms with Gasteiger partial charge in [0.15, 0.2) is 6.04 Å². The Bertz CT molecular complexity index is 1190. The largest absolute Gasteiger partial charge is 0.464 e. The Morgan fingerprint density at radius 3 is 1.22 bits per heavy atom. The number of esters is 2. The van der Waals surface area contributed by atoms with E-state index in [9.17, 15) is 14.4 Å². The van der Waals surface area contributed by atoms with Crippen molar-refractivity contribution >= 4 is 17.8 Å². The van der Waals surface area contributed by atoms with Crippen LogP contribution in [0.4, 0.5) is 0 Å². The fourth-order valence-corrected chi connectivity index (χ4v) is 9.15. The molecule has 0 aliphatic rings. The van der Waals surface area contributed by atoms with E-state index in [2.05, 4.69) is 67.6 Å². The minimum atomic E-state index is -1.05. The molecule has 398 valence electrons. The molecule has 0 aliphatic heterocycles. The van der Waals surface area contributed by atoms with Crippen LogP contribution in [-0.2, 0) is 33.3 Å². The second-order valence-corrected chi connectivity index (χ2v) is 22.4. The molecule has 0 saturated carbocycles. The molecule has 8 nitrogen and oxygen atoms in total. The van der Waals surface area contributed by atoms with Crippen LogP contribution in [0.1, 0.15) is 314 Å². The Hall–Kier alpha value is -1.67. The van der Waals surface area contributed by atoms with Gasteiger partial charge in [-0.25, -0.2) is 4.79 Å². The Morgan fingerprint density at radius 2 is 0.836 bits per heavy atom. The number of hydrogen-bond donors (Lipinski definition) is 1. The summed E-state index contributed by atoms with van der Waals surface area (Å²) in [6.45, 7) is 23.7. The molecule has 0 aromatic carbocycles. The number of nitrogens with one attached hydrogen (secondary N) is 1. The number of amides is 1. The molecule has 8 heteroatoms. The van der Waals surface area contributed by atoms with Crippen LogP contribution >= 0.6 is 0 Å². The third kappa shape index (κ3) is 36.9. The second kappa shape index (κ2) is 41.0. The van der Waals surface area contributed by atoms with E-state index in [1.807, 2.05) is 13.8 Å². The maximum absolute atomic E-state index is 13.8. The minimum absolute atomic E-state index is 0.185. The van der Waals surface area contributed by atoms with Crippen LogP contribution in [0.2, 0.25) is 0 Å². The number of hydrogen-bond acceptors (Lipinski definition) is 7. The first-order valence-corrected chi connectivity index (χ1v) is 29.0. The Labute approximate surface area is 416 Å². The van der Waals surface area contributed by atoms with E-state index < -0.39 is 34.6 Å². The maximum Gasteiger partial charge on any atom is 0.332 e. The van der Waals surface area contributed by atoms with Gasteiger partial charge in [-0.05, 0) is 86.5 Å². The van der Waals surface area contributed by atoms with Crippen molar-refractivity contribution in [1.29, 1.82) is 0 Å². The highest BCUT2D eigenvalue weighted by Crippen LogP contribution is 2.39. The smallest absolute Gasteiger partial charge is 0.332 e. The van der Waals surface area contributed by atoms with Crippen molar-refractivity contribution in [2.75, 3.05) is 19.8 Å². The average Bonchev–Trinajstić information content (AvgIpc) is 3.29. The highest BCUT2D eigenvalue weighted by molar-refractivity contribution is 5.85. The van der Waals surface area contributed by atoms with Crippen LogP contribution < -0.4 is 5.32 Å². The van der Waals surface area contributed by atoms with E-state index in [4.69, 9.17) is 18.9 Å². The van der Waals surface area contributed by atoms with Gasteiger partial charge in [0, 0.05) is 6.42 Å². The molecule has 1 N–H and O–H groups in total. The summed E-state index contributed by atoms with van der Waals surface area (Å²) in [5.74, 6) is -1.16. The van der Waals surface area contributed by atoms with Gasteiger partial charge in [-0.15, -0.1) is 0 Å². The number of rotatable bonds is 49. The molecule has 0 aliphatic carbocycles. The third-order valence-electron chi connectivity index (χ3n) is 14.6. The van der Waals surface area contributed by atoms with Crippen LogP contribution in [0.5, 0.6) is 0 Å². The molecule has 0 fully saturated rings. The van der Waals surface area contributed by atoms with Crippen molar-refractivity contribution in [2.24, 2.45) is 5.41 Å². The normalized spacial score (nSPS) is 14.4. The van der Waals surface area contributed by atoms with Gasteiger partial charge in [-0.3, -0.25) is 9.59 Å². The van der Waals surface area contributed by atoms with E-state index in [-0.39, 0.29) is 18.1 Å². The van der Waals surface area contributed by atoms with Crippen molar-refractivity contribution in [3.8, 4) is 0 Å². The quantitative estimate of drug-likeness (QED) is 0.0479. The first kappa shape index (κ1) is 65.3. The van der Waals surface area contributed by atoms with Crippen molar-refractivity contribution < 1.29 is 33.3 Å². The van der Waals surface area contributed by atoms with Crippen molar-refractivity contribution in [1.82, 2.24) is 5.32 Å². The molecule has 0 aromatic rings. The summed E-state index contributed by atoms with van der Waals surface area (Å²) in [4.78, 5) is 40.5. The first-order valence-electron chi connectivity index (χ1n) is 29.0. The predicted octanol–water partition coefficient (Wildman–Crippen LogP) is 17.4. The minimum Gasteiger partial charge on any atom is -0.464 e. The standard InChI is InChI=1S/C59H115NO7/c1-12-17-19-21-23-25-27-29-31-33-35-37-39-41-43-45-48-64-54(62)52(60-53(61)46-44-42-40-38-36-34-32-30-28-26-24-22-20-18-13-2)50-65-55(63)56(6,7)51-59(11,16-5)67-58(10,15-4)47-49-66-57(8,9)14-3/h52H,12-51H2,1-11H3,(H,60,61). The Kier molecular flexibility index (Phi) is 40.0. The summed E-state index contributed by atoms with van der Waals surface area (Å²) in [7, 11) is 0. The SMILES string of the molecule is CCCCCCCCCCCCCCCCCCOC(=O)C(COC(=O)C(C)(C)CC(C)(CC)OC(C)(CC)CCOC(C)(C)CC)NC(=O)CCCCCCCCCCCCCCCCC. The van der Waals surface area contributed by atoms with Gasteiger partial charge in [-0.1, -0.05) is 221 Å². The van der Waals surface area contributed by atoms with Crippen LogP contribution in [0.25, 0.3) is 0 Å². The molecule has 0 heterocycles. The van der Waals surface area contributed by atoms with Gasteiger partial charge in [0.2, 0.25) is 5.91 Å². The molecule has 1 amide bonds. The number of carbonyl (C=O) groups excluding carboxylic acids is 3. The van der Waals surface area contributed by atoms with Crippen LogP contribution in [-0.4, -0.2) is 60.5 Å². The molecule has 0 spiro atoms. The Morgan fingerprint density at radius 1 is 0.448 bits per heavy atom. The highest BCUT2D eigenvalue weighted by atomic mass is 16.6. The summed E-state index contributed by atoms with van der Waals surface area (Å²) >= 11 is 0.